The summed E-state index contributed by atoms with van der Waals surface area (Å²) in [6, 6.07) is 3.17. The summed E-state index contributed by atoms with van der Waals surface area (Å²) in [6.07, 6.45) is -0.966. The molecule has 0 aromatic carbocycles. The Morgan fingerprint density at radius 3 is 2.45 bits per heavy atom. The van der Waals surface area contributed by atoms with Crippen molar-refractivity contribution in [1.82, 2.24) is 10.3 Å². The smallest absolute Gasteiger partial charge is 0.408 e. The molecule has 1 aromatic heterocycles. The van der Waals surface area contributed by atoms with E-state index >= 15 is 0 Å². The average Bonchev–Trinajstić information content (AvgIpc) is 2.34. The molecule has 0 fully saturated rings. The van der Waals surface area contributed by atoms with Crippen molar-refractivity contribution in [2.75, 3.05) is 0 Å². The number of carboxylic acids is 1. The zero-order valence-electron chi connectivity index (χ0n) is 11.5. The van der Waals surface area contributed by atoms with Crippen LogP contribution in [0.1, 0.15) is 32.6 Å². The van der Waals surface area contributed by atoms with Crippen molar-refractivity contribution < 1.29 is 24.5 Å². The van der Waals surface area contributed by atoms with Gasteiger partial charge in [0, 0.05) is 6.20 Å². The minimum absolute atomic E-state index is 0.149. The van der Waals surface area contributed by atoms with Crippen molar-refractivity contribution in [1.29, 1.82) is 0 Å². The van der Waals surface area contributed by atoms with Crippen molar-refractivity contribution in [3.8, 4) is 0 Å². The molecule has 0 aliphatic rings. The number of aromatic nitrogens is 1. The Bertz CT molecular complexity index is 469. The number of nitrogens with zero attached hydrogens (tertiary/aromatic N) is 1. The second-order valence-corrected chi connectivity index (χ2v) is 5.16. The number of carbonyl (C=O) groups excluding carboxylic acids is 1. The fraction of sp³-hybridized carbons (Fsp3) is 0.462. The molecule has 0 radical (unpaired) electrons. The lowest BCUT2D eigenvalue weighted by Gasteiger charge is -2.24. The normalized spacial score (nSPS) is 14.2. The summed E-state index contributed by atoms with van der Waals surface area (Å²) in [5.74, 6) is -1.38. The monoisotopic (exact) mass is 282 g/mol. The van der Waals surface area contributed by atoms with Crippen LogP contribution in [-0.4, -0.2) is 38.9 Å². The molecule has 1 aromatic rings. The lowest BCUT2D eigenvalue weighted by Crippen LogP contribution is -2.47. The number of carbonyl (C=O) groups is 2. The van der Waals surface area contributed by atoms with Crippen molar-refractivity contribution in [3.63, 3.8) is 0 Å². The number of carboxylic acid groups (broad SMARTS) is 1. The molecule has 3 N–H and O–H groups in total. The molecular weight excluding hydrogens is 264 g/mol. The summed E-state index contributed by atoms with van der Waals surface area (Å²) in [7, 11) is 0. The van der Waals surface area contributed by atoms with Gasteiger partial charge in [0.25, 0.3) is 0 Å². The fourth-order valence-corrected chi connectivity index (χ4v) is 1.43. The van der Waals surface area contributed by atoms with E-state index in [2.05, 4.69) is 10.3 Å². The van der Waals surface area contributed by atoms with Crippen molar-refractivity contribution in [2.24, 2.45) is 0 Å². The zero-order chi connectivity index (χ0) is 15.3. The standard InChI is InChI=1S/C13H18N2O5/c1-13(2,3)20-12(19)15-9(11(17)18)10(16)8-6-4-5-7-14-8/h4-7,9-10,16H,1-3H3,(H,15,19)(H,17,18)/t9-,10-/m1/s1. The Balaban J connectivity index is 2.80. The Kier molecular flexibility index (Phi) is 5.04. The van der Waals surface area contributed by atoms with Gasteiger partial charge in [0.1, 0.15) is 11.7 Å². The van der Waals surface area contributed by atoms with Crippen LogP contribution < -0.4 is 5.32 Å². The van der Waals surface area contributed by atoms with Crippen LogP contribution in [-0.2, 0) is 9.53 Å². The van der Waals surface area contributed by atoms with Crippen LogP contribution in [0.2, 0.25) is 0 Å². The van der Waals surface area contributed by atoms with Gasteiger partial charge in [-0.3, -0.25) is 4.98 Å². The van der Waals surface area contributed by atoms with Crippen LogP contribution in [0.4, 0.5) is 4.79 Å². The van der Waals surface area contributed by atoms with Crippen molar-refractivity contribution in [3.05, 3.63) is 30.1 Å². The predicted molar refractivity (Wildman–Crippen MR) is 70.0 cm³/mol. The molecule has 110 valence electrons. The summed E-state index contributed by atoms with van der Waals surface area (Å²) in [4.78, 5) is 26.6. The van der Waals surface area contributed by atoms with E-state index in [9.17, 15) is 14.7 Å². The second-order valence-electron chi connectivity index (χ2n) is 5.16. The third-order valence-corrected chi connectivity index (χ3v) is 2.24. The van der Waals surface area contributed by atoms with Gasteiger partial charge in [0.2, 0.25) is 0 Å². The van der Waals surface area contributed by atoms with Gasteiger partial charge in [-0.2, -0.15) is 0 Å². The number of aliphatic hydroxyl groups excluding tert-OH is 1. The highest BCUT2D eigenvalue weighted by molar-refractivity contribution is 5.80. The lowest BCUT2D eigenvalue weighted by molar-refractivity contribution is -0.142. The molecule has 0 aliphatic heterocycles. The van der Waals surface area contributed by atoms with E-state index in [4.69, 9.17) is 9.84 Å². The minimum atomic E-state index is -1.54. The van der Waals surface area contributed by atoms with Gasteiger partial charge < -0.3 is 20.3 Å². The number of amides is 1. The van der Waals surface area contributed by atoms with Gasteiger partial charge >= 0.3 is 12.1 Å². The van der Waals surface area contributed by atoms with E-state index < -0.39 is 29.8 Å². The Morgan fingerprint density at radius 1 is 1.35 bits per heavy atom. The van der Waals surface area contributed by atoms with E-state index in [0.717, 1.165) is 0 Å². The van der Waals surface area contributed by atoms with E-state index in [-0.39, 0.29) is 5.69 Å². The molecule has 0 saturated heterocycles. The number of hydrogen-bond acceptors (Lipinski definition) is 5. The molecule has 0 aliphatic carbocycles. The number of nitrogens with one attached hydrogen (secondary N) is 1. The van der Waals surface area contributed by atoms with Gasteiger partial charge in [-0.25, -0.2) is 9.59 Å². The molecule has 1 amide bonds. The summed E-state index contributed by atoms with van der Waals surface area (Å²) >= 11 is 0. The van der Waals surface area contributed by atoms with Crippen LogP contribution >= 0.6 is 0 Å². The first-order valence-electron chi connectivity index (χ1n) is 6.02. The largest absolute Gasteiger partial charge is 0.480 e. The fourth-order valence-electron chi connectivity index (χ4n) is 1.43. The predicted octanol–water partition coefficient (Wildman–Crippen LogP) is 1.09. The molecular formula is C13H18N2O5. The highest BCUT2D eigenvalue weighted by atomic mass is 16.6. The maximum atomic E-state index is 11.6. The Labute approximate surface area is 116 Å². The van der Waals surface area contributed by atoms with Gasteiger partial charge in [-0.1, -0.05) is 6.07 Å². The van der Waals surface area contributed by atoms with Crippen LogP contribution in [0.3, 0.4) is 0 Å². The molecule has 0 saturated carbocycles. The lowest BCUT2D eigenvalue weighted by atomic mass is 10.1. The topological polar surface area (TPSA) is 109 Å². The molecule has 0 spiro atoms. The molecule has 0 unspecified atom stereocenters. The maximum Gasteiger partial charge on any atom is 0.408 e. The van der Waals surface area contributed by atoms with Crippen molar-refractivity contribution >= 4 is 12.1 Å². The van der Waals surface area contributed by atoms with E-state index in [1.54, 1.807) is 32.9 Å². The van der Waals surface area contributed by atoms with Crippen LogP contribution in [0.25, 0.3) is 0 Å². The van der Waals surface area contributed by atoms with Crippen LogP contribution in [0.15, 0.2) is 24.4 Å². The molecule has 7 nitrogen and oxygen atoms in total. The van der Waals surface area contributed by atoms with Gasteiger partial charge in [0.05, 0.1) is 5.69 Å². The summed E-state index contributed by atoms with van der Waals surface area (Å²) < 4.78 is 4.96. The van der Waals surface area contributed by atoms with Gasteiger partial charge in [0.15, 0.2) is 6.04 Å². The van der Waals surface area contributed by atoms with Crippen LogP contribution in [0.5, 0.6) is 0 Å². The number of alkyl carbamates (subject to hydrolysis) is 1. The summed E-state index contributed by atoms with van der Waals surface area (Å²) in [5.41, 5.74) is -0.612. The Morgan fingerprint density at radius 2 is 2.00 bits per heavy atom. The number of pyridine rings is 1. The van der Waals surface area contributed by atoms with E-state index in [0.29, 0.717) is 0 Å². The van der Waals surface area contributed by atoms with Crippen molar-refractivity contribution in [2.45, 2.75) is 38.5 Å². The Hall–Kier alpha value is -2.15. The summed E-state index contributed by atoms with van der Waals surface area (Å²) in [5, 5.41) is 21.2. The molecule has 1 heterocycles. The number of aliphatic carboxylic acids is 1. The molecule has 2 atom stereocenters. The highest BCUT2D eigenvalue weighted by Gasteiger charge is 2.31. The van der Waals surface area contributed by atoms with E-state index in [1.807, 2.05) is 0 Å². The number of aliphatic hydroxyl groups is 1. The second kappa shape index (κ2) is 6.33. The van der Waals surface area contributed by atoms with E-state index in [1.165, 1.54) is 12.3 Å². The van der Waals surface area contributed by atoms with Crippen LogP contribution in [0, 0.1) is 0 Å². The first kappa shape index (κ1) is 15.9. The molecule has 20 heavy (non-hydrogen) atoms. The zero-order valence-corrected chi connectivity index (χ0v) is 11.5. The molecule has 0 bridgehead atoms. The minimum Gasteiger partial charge on any atom is -0.480 e. The SMILES string of the molecule is CC(C)(C)OC(=O)N[C@@H](C(=O)O)[C@H](O)c1ccccn1. The maximum absolute atomic E-state index is 11.6. The number of hydrogen-bond donors (Lipinski definition) is 3. The number of rotatable bonds is 4. The third-order valence-electron chi connectivity index (χ3n) is 2.24. The molecule has 7 heteroatoms. The quantitative estimate of drug-likeness (QED) is 0.762. The third kappa shape index (κ3) is 4.85. The first-order valence-corrected chi connectivity index (χ1v) is 6.02. The summed E-state index contributed by atoms with van der Waals surface area (Å²) in [6.45, 7) is 4.95. The van der Waals surface area contributed by atoms with Gasteiger partial charge in [-0.15, -0.1) is 0 Å². The molecule has 1 rings (SSSR count). The highest BCUT2D eigenvalue weighted by Crippen LogP contribution is 2.15. The average molecular weight is 282 g/mol. The first-order chi connectivity index (χ1) is 9.20. The van der Waals surface area contributed by atoms with Gasteiger partial charge in [-0.05, 0) is 32.9 Å². The number of ether oxygens (including phenoxy) is 1.